The first-order valence-corrected chi connectivity index (χ1v) is 16.6. The van der Waals surface area contributed by atoms with Gasteiger partial charge in [0.2, 0.25) is 11.2 Å². The average Bonchev–Trinajstić information content (AvgIpc) is 3.48. The molecular formula is C32H36NOSi+. The molecule has 0 atom stereocenters. The molecule has 0 bridgehead atoms. The highest BCUT2D eigenvalue weighted by atomic mass is 28.3. The van der Waals surface area contributed by atoms with Crippen molar-refractivity contribution in [2.45, 2.75) is 65.1 Å². The Morgan fingerprint density at radius 3 is 2.34 bits per heavy atom. The molecule has 0 radical (unpaired) electrons. The second kappa shape index (κ2) is 8.06. The van der Waals surface area contributed by atoms with Gasteiger partial charge >= 0.3 is 0 Å². The number of para-hydroxylation sites is 1. The van der Waals surface area contributed by atoms with Crippen molar-refractivity contribution in [3.8, 4) is 11.3 Å². The van der Waals surface area contributed by atoms with Gasteiger partial charge in [-0.05, 0) is 72.7 Å². The predicted octanol–water partition coefficient (Wildman–Crippen LogP) is 8.05. The Morgan fingerprint density at radius 2 is 1.60 bits per heavy atom. The van der Waals surface area contributed by atoms with Gasteiger partial charge < -0.3 is 4.42 Å². The molecule has 0 aliphatic heterocycles. The van der Waals surface area contributed by atoms with E-state index in [0.717, 1.165) is 17.1 Å². The van der Waals surface area contributed by atoms with Crippen LogP contribution in [0.5, 0.6) is 0 Å². The summed E-state index contributed by atoms with van der Waals surface area (Å²) in [4.78, 5) is 0. The predicted molar refractivity (Wildman–Crippen MR) is 152 cm³/mol. The van der Waals surface area contributed by atoms with Crippen LogP contribution >= 0.6 is 0 Å². The molecule has 178 valence electrons. The molecule has 1 fully saturated rings. The molecule has 0 amide bonds. The molecule has 3 heteroatoms. The molecule has 35 heavy (non-hydrogen) atoms. The number of nitrogens with zero attached hydrogens (tertiary/aromatic N) is 1. The Hall–Kier alpha value is -2.91. The summed E-state index contributed by atoms with van der Waals surface area (Å²) in [6.07, 6.45) is 5.42. The highest BCUT2D eigenvalue weighted by molar-refractivity contribution is 6.90. The molecule has 5 aromatic rings. The summed E-state index contributed by atoms with van der Waals surface area (Å²) in [6, 6.07) is 20.5. The van der Waals surface area contributed by atoms with E-state index in [2.05, 4.69) is 99.7 Å². The molecule has 0 N–H and O–H groups in total. The van der Waals surface area contributed by atoms with Crippen molar-refractivity contribution in [2.24, 2.45) is 7.05 Å². The molecule has 1 aliphatic carbocycles. The number of aryl methyl sites for hydroxylation is 2. The number of benzene rings is 3. The zero-order chi connectivity index (χ0) is 24.5. The van der Waals surface area contributed by atoms with Crippen LogP contribution in [0.3, 0.4) is 0 Å². The summed E-state index contributed by atoms with van der Waals surface area (Å²) in [5.74, 6) is 0.730. The topological polar surface area (TPSA) is 17.0 Å². The summed E-state index contributed by atoms with van der Waals surface area (Å²) in [5.41, 5.74) is 9.94. The van der Waals surface area contributed by atoms with Crippen molar-refractivity contribution < 1.29 is 8.98 Å². The van der Waals surface area contributed by atoms with Crippen LogP contribution in [-0.2, 0) is 7.05 Å². The second-order valence-electron chi connectivity index (χ2n) is 11.7. The van der Waals surface area contributed by atoms with Gasteiger partial charge in [0.05, 0.1) is 13.6 Å². The molecular weight excluding hydrogens is 442 g/mol. The van der Waals surface area contributed by atoms with Crippen LogP contribution < -0.4 is 9.75 Å². The Labute approximate surface area is 209 Å². The summed E-state index contributed by atoms with van der Waals surface area (Å²) in [7, 11) is 0.612. The zero-order valence-corrected chi connectivity index (χ0v) is 23.0. The SMILES string of the molecule is Cc1cc2c(oc3ccccc32)c(-c2cc([Si](C)(C)C)c3cc(C4CCCC4)ccc3[n+]2C)c1C. The van der Waals surface area contributed by atoms with Crippen LogP contribution in [-0.4, -0.2) is 8.07 Å². The first-order chi connectivity index (χ1) is 16.7. The summed E-state index contributed by atoms with van der Waals surface area (Å²) in [6.45, 7) is 11.9. The number of furan rings is 1. The lowest BCUT2D eigenvalue weighted by Crippen LogP contribution is -2.43. The third-order valence-corrected chi connectivity index (χ3v) is 10.4. The Morgan fingerprint density at radius 1 is 0.857 bits per heavy atom. The van der Waals surface area contributed by atoms with Gasteiger partial charge in [-0.15, -0.1) is 0 Å². The van der Waals surface area contributed by atoms with Gasteiger partial charge in [-0.25, -0.2) is 0 Å². The number of fused-ring (bicyclic) bond motifs is 4. The second-order valence-corrected chi connectivity index (χ2v) is 16.7. The smallest absolute Gasteiger partial charge is 0.216 e. The number of hydrogen-bond donors (Lipinski definition) is 0. The molecule has 1 saturated carbocycles. The third-order valence-electron chi connectivity index (χ3n) is 8.39. The number of rotatable bonds is 3. The molecule has 1 aliphatic rings. The van der Waals surface area contributed by atoms with Crippen LogP contribution in [0.15, 0.2) is 59.0 Å². The van der Waals surface area contributed by atoms with Gasteiger partial charge in [-0.1, -0.05) is 56.7 Å². The maximum Gasteiger partial charge on any atom is 0.216 e. The van der Waals surface area contributed by atoms with Gasteiger partial charge in [-0.2, -0.15) is 4.57 Å². The highest BCUT2D eigenvalue weighted by Crippen LogP contribution is 2.39. The lowest BCUT2D eigenvalue weighted by molar-refractivity contribution is -0.633. The fraction of sp³-hybridized carbons (Fsp3) is 0.344. The minimum atomic E-state index is -1.62. The number of aromatic nitrogens is 1. The Balaban J connectivity index is 1.69. The summed E-state index contributed by atoms with van der Waals surface area (Å²) < 4.78 is 8.96. The minimum Gasteiger partial charge on any atom is -0.455 e. The van der Waals surface area contributed by atoms with Gasteiger partial charge in [0.25, 0.3) is 0 Å². The lowest BCUT2D eigenvalue weighted by Gasteiger charge is -2.21. The summed E-state index contributed by atoms with van der Waals surface area (Å²) in [5, 5.41) is 5.41. The van der Waals surface area contributed by atoms with Gasteiger partial charge in [0.1, 0.15) is 18.2 Å². The van der Waals surface area contributed by atoms with E-state index in [0.29, 0.717) is 0 Å². The molecule has 2 heterocycles. The van der Waals surface area contributed by atoms with Crippen molar-refractivity contribution in [1.29, 1.82) is 0 Å². The molecule has 0 saturated heterocycles. The largest absolute Gasteiger partial charge is 0.455 e. The lowest BCUT2D eigenvalue weighted by atomic mass is 9.94. The van der Waals surface area contributed by atoms with Crippen LogP contribution in [0.1, 0.15) is 48.3 Å². The molecule has 2 aromatic heterocycles. The van der Waals surface area contributed by atoms with E-state index in [1.54, 1.807) is 5.19 Å². The third kappa shape index (κ3) is 3.55. The van der Waals surface area contributed by atoms with Crippen LogP contribution in [0.4, 0.5) is 0 Å². The summed E-state index contributed by atoms with van der Waals surface area (Å²) >= 11 is 0. The van der Waals surface area contributed by atoms with Gasteiger partial charge in [0.15, 0.2) is 0 Å². The van der Waals surface area contributed by atoms with Crippen molar-refractivity contribution in [2.75, 3.05) is 0 Å². The van der Waals surface area contributed by atoms with Gasteiger partial charge in [-0.3, -0.25) is 0 Å². The standard InChI is InChI=1S/C32H36NOSi/c1-20-17-25-24-13-9-10-14-29(24)34-32(25)31(21(20)2)28-19-30(35(4,5)6)26-18-23(22-11-7-8-12-22)15-16-27(26)33(28)3/h9-10,13-19,22H,7-8,11-12H2,1-6H3/q+1. The Kier molecular flexibility index (Phi) is 5.19. The number of hydrogen-bond acceptors (Lipinski definition) is 1. The first-order valence-electron chi connectivity index (χ1n) is 13.1. The van der Waals surface area contributed by atoms with Crippen molar-refractivity contribution in [3.05, 3.63) is 71.3 Å². The molecule has 6 rings (SSSR count). The normalized spacial score (nSPS) is 15.1. The van der Waals surface area contributed by atoms with E-state index < -0.39 is 8.07 Å². The molecule has 0 unspecified atom stereocenters. The Bertz CT molecular complexity index is 1610. The zero-order valence-electron chi connectivity index (χ0n) is 22.0. The highest BCUT2D eigenvalue weighted by Gasteiger charge is 2.30. The number of pyridine rings is 1. The van der Waals surface area contributed by atoms with E-state index in [1.165, 1.54) is 75.3 Å². The quantitative estimate of drug-likeness (QED) is 0.189. The van der Waals surface area contributed by atoms with E-state index in [9.17, 15) is 0 Å². The van der Waals surface area contributed by atoms with Crippen LogP contribution in [0.2, 0.25) is 19.6 Å². The minimum absolute atomic E-state index is 0.730. The van der Waals surface area contributed by atoms with E-state index >= 15 is 0 Å². The maximum atomic E-state index is 6.55. The van der Waals surface area contributed by atoms with Gasteiger partial charge in [0, 0.05) is 28.3 Å². The van der Waals surface area contributed by atoms with E-state index in [-0.39, 0.29) is 0 Å². The van der Waals surface area contributed by atoms with Crippen LogP contribution in [0.25, 0.3) is 44.1 Å². The molecule has 0 spiro atoms. The van der Waals surface area contributed by atoms with Crippen molar-refractivity contribution in [3.63, 3.8) is 0 Å². The van der Waals surface area contributed by atoms with E-state index in [4.69, 9.17) is 4.42 Å². The fourth-order valence-corrected chi connectivity index (χ4v) is 7.85. The molecule has 3 aromatic carbocycles. The maximum absolute atomic E-state index is 6.55. The van der Waals surface area contributed by atoms with E-state index in [1.807, 2.05) is 0 Å². The molecule has 2 nitrogen and oxygen atoms in total. The van der Waals surface area contributed by atoms with Crippen molar-refractivity contribution in [1.82, 2.24) is 0 Å². The first kappa shape index (κ1) is 22.5. The average molecular weight is 479 g/mol. The van der Waals surface area contributed by atoms with Crippen LogP contribution in [0, 0.1) is 13.8 Å². The van der Waals surface area contributed by atoms with Crippen molar-refractivity contribution >= 4 is 46.1 Å². The monoisotopic (exact) mass is 478 g/mol. The fourth-order valence-electron chi connectivity index (χ4n) is 6.27.